The Morgan fingerprint density at radius 3 is 2.96 bits per heavy atom. The number of aromatic amines is 1. The van der Waals surface area contributed by atoms with Gasteiger partial charge in [0.05, 0.1) is 19.7 Å². The van der Waals surface area contributed by atoms with Gasteiger partial charge in [-0.2, -0.15) is 5.10 Å². The summed E-state index contributed by atoms with van der Waals surface area (Å²) in [5.74, 6) is 0.348. The lowest BCUT2D eigenvalue weighted by molar-refractivity contribution is -0.120. The van der Waals surface area contributed by atoms with Gasteiger partial charge in [0.15, 0.2) is 0 Å². The number of aromatic nitrogens is 1. The van der Waals surface area contributed by atoms with E-state index in [1.807, 2.05) is 30.5 Å². The molecule has 0 fully saturated rings. The number of phenolic OH excluding ortho intramolecular Hbond substituents is 1. The van der Waals surface area contributed by atoms with Crippen LogP contribution in [0.5, 0.6) is 11.5 Å². The second-order valence-electron chi connectivity index (χ2n) is 5.25. The number of para-hydroxylation sites is 1. The summed E-state index contributed by atoms with van der Waals surface area (Å²) in [6.07, 6.45) is 3.43. The van der Waals surface area contributed by atoms with E-state index >= 15 is 0 Å². The van der Waals surface area contributed by atoms with E-state index in [1.165, 1.54) is 19.4 Å². The second kappa shape index (κ2) is 6.87. The fourth-order valence-electron chi connectivity index (χ4n) is 2.42. The molecule has 122 valence electrons. The van der Waals surface area contributed by atoms with Crippen molar-refractivity contribution in [2.75, 3.05) is 7.11 Å². The number of rotatable bonds is 5. The first-order chi connectivity index (χ1) is 11.7. The highest BCUT2D eigenvalue weighted by Gasteiger charge is 2.08. The van der Waals surface area contributed by atoms with Crippen LogP contribution < -0.4 is 10.2 Å². The molecule has 0 aliphatic carbocycles. The van der Waals surface area contributed by atoms with Crippen LogP contribution in [0.25, 0.3) is 10.9 Å². The summed E-state index contributed by atoms with van der Waals surface area (Å²) in [7, 11) is 1.52. The lowest BCUT2D eigenvalue weighted by Gasteiger charge is -2.03. The second-order valence-corrected chi connectivity index (χ2v) is 5.25. The fraction of sp³-hybridized carbons (Fsp3) is 0.111. The molecule has 3 rings (SSSR count). The molecule has 0 aliphatic heterocycles. The van der Waals surface area contributed by atoms with Crippen molar-refractivity contribution in [3.8, 4) is 11.5 Å². The zero-order valence-electron chi connectivity index (χ0n) is 13.1. The van der Waals surface area contributed by atoms with Crippen LogP contribution in [0.15, 0.2) is 53.8 Å². The van der Waals surface area contributed by atoms with E-state index in [0.29, 0.717) is 11.3 Å². The molecule has 1 aromatic heterocycles. The standard InChI is InChI=1S/C18H17N3O3/c1-24-14-7-6-12(17(22)9-14)11-20-21-18(23)8-13-10-19-16-5-3-2-4-15(13)16/h2-7,9-11,19,22H,8H2,1H3,(H,21,23). The van der Waals surface area contributed by atoms with Crippen molar-refractivity contribution in [2.24, 2.45) is 5.10 Å². The van der Waals surface area contributed by atoms with Crippen LogP contribution in [0.3, 0.4) is 0 Å². The number of amides is 1. The molecule has 0 aliphatic rings. The fourth-order valence-corrected chi connectivity index (χ4v) is 2.42. The van der Waals surface area contributed by atoms with Crippen molar-refractivity contribution in [1.82, 2.24) is 10.4 Å². The Hall–Kier alpha value is -3.28. The molecule has 3 aromatic rings. The molecule has 3 N–H and O–H groups in total. The quantitative estimate of drug-likeness (QED) is 0.498. The average Bonchev–Trinajstić information content (AvgIpc) is 2.99. The summed E-state index contributed by atoms with van der Waals surface area (Å²) in [5.41, 5.74) is 4.85. The molecule has 24 heavy (non-hydrogen) atoms. The van der Waals surface area contributed by atoms with Crippen LogP contribution in [0.1, 0.15) is 11.1 Å². The number of H-pyrrole nitrogens is 1. The molecule has 2 aromatic carbocycles. The Balaban J connectivity index is 1.63. The number of fused-ring (bicyclic) bond motifs is 1. The van der Waals surface area contributed by atoms with Gasteiger partial charge in [0.25, 0.3) is 0 Å². The number of benzene rings is 2. The summed E-state index contributed by atoms with van der Waals surface area (Å²) < 4.78 is 5.01. The van der Waals surface area contributed by atoms with Gasteiger partial charge in [0.1, 0.15) is 11.5 Å². The molecule has 0 atom stereocenters. The van der Waals surface area contributed by atoms with Gasteiger partial charge < -0.3 is 14.8 Å². The topological polar surface area (TPSA) is 86.7 Å². The van der Waals surface area contributed by atoms with Crippen molar-refractivity contribution in [2.45, 2.75) is 6.42 Å². The van der Waals surface area contributed by atoms with Gasteiger partial charge in [-0.05, 0) is 23.8 Å². The number of hydrazone groups is 1. The van der Waals surface area contributed by atoms with Gasteiger partial charge in [-0.15, -0.1) is 0 Å². The van der Waals surface area contributed by atoms with Crippen LogP contribution >= 0.6 is 0 Å². The smallest absolute Gasteiger partial charge is 0.244 e. The van der Waals surface area contributed by atoms with Crippen LogP contribution in [0.2, 0.25) is 0 Å². The molecule has 1 amide bonds. The Morgan fingerprint density at radius 1 is 1.33 bits per heavy atom. The van der Waals surface area contributed by atoms with Crippen LogP contribution in [-0.4, -0.2) is 29.3 Å². The van der Waals surface area contributed by atoms with Gasteiger partial charge in [-0.25, -0.2) is 5.43 Å². The number of ether oxygens (including phenoxy) is 1. The first-order valence-electron chi connectivity index (χ1n) is 7.41. The number of aromatic hydroxyl groups is 1. The minimum absolute atomic E-state index is 0.0315. The van der Waals surface area contributed by atoms with Crippen molar-refractivity contribution < 1.29 is 14.6 Å². The number of hydrogen-bond acceptors (Lipinski definition) is 4. The molecule has 0 bridgehead atoms. The number of methoxy groups -OCH3 is 1. The van der Waals surface area contributed by atoms with Crippen LogP contribution in [0.4, 0.5) is 0 Å². The van der Waals surface area contributed by atoms with E-state index in [0.717, 1.165) is 16.5 Å². The normalized spacial score (nSPS) is 11.0. The van der Waals surface area contributed by atoms with Gasteiger partial charge in [-0.3, -0.25) is 4.79 Å². The average molecular weight is 323 g/mol. The van der Waals surface area contributed by atoms with E-state index in [2.05, 4.69) is 15.5 Å². The van der Waals surface area contributed by atoms with Crippen molar-refractivity contribution in [3.63, 3.8) is 0 Å². The van der Waals surface area contributed by atoms with E-state index in [-0.39, 0.29) is 18.1 Å². The molecule has 0 saturated carbocycles. The van der Waals surface area contributed by atoms with E-state index in [4.69, 9.17) is 4.74 Å². The molecule has 6 heteroatoms. The Labute approximate surface area is 138 Å². The number of hydrogen-bond donors (Lipinski definition) is 3. The third kappa shape index (κ3) is 3.38. The minimum Gasteiger partial charge on any atom is -0.507 e. The predicted octanol–water partition coefficient (Wildman–Crippen LogP) is 2.57. The van der Waals surface area contributed by atoms with Crippen molar-refractivity contribution >= 4 is 23.0 Å². The van der Waals surface area contributed by atoms with Crippen molar-refractivity contribution in [1.29, 1.82) is 0 Å². The van der Waals surface area contributed by atoms with E-state index in [1.54, 1.807) is 12.1 Å². The van der Waals surface area contributed by atoms with Gasteiger partial charge in [0.2, 0.25) is 5.91 Å². The highest BCUT2D eigenvalue weighted by molar-refractivity contribution is 5.90. The van der Waals surface area contributed by atoms with E-state index < -0.39 is 0 Å². The maximum Gasteiger partial charge on any atom is 0.244 e. The number of nitrogens with zero attached hydrogens (tertiary/aromatic N) is 1. The molecule has 0 radical (unpaired) electrons. The molecular weight excluding hydrogens is 306 g/mol. The molecule has 0 spiro atoms. The lowest BCUT2D eigenvalue weighted by atomic mass is 10.1. The number of carbonyl (C=O) groups excluding carboxylic acids is 1. The summed E-state index contributed by atoms with van der Waals surface area (Å²) in [5, 5.41) is 14.7. The predicted molar refractivity (Wildman–Crippen MR) is 92.4 cm³/mol. The zero-order valence-corrected chi connectivity index (χ0v) is 13.1. The third-order valence-corrected chi connectivity index (χ3v) is 3.66. The Bertz CT molecular complexity index is 899. The first kappa shape index (κ1) is 15.6. The maximum absolute atomic E-state index is 12.0. The highest BCUT2D eigenvalue weighted by atomic mass is 16.5. The summed E-state index contributed by atoms with van der Waals surface area (Å²) in [4.78, 5) is 15.1. The third-order valence-electron chi connectivity index (χ3n) is 3.66. The lowest BCUT2D eigenvalue weighted by Crippen LogP contribution is -2.19. The number of nitrogens with one attached hydrogen (secondary N) is 2. The monoisotopic (exact) mass is 323 g/mol. The van der Waals surface area contributed by atoms with Gasteiger partial charge in [0, 0.05) is 28.7 Å². The zero-order chi connectivity index (χ0) is 16.9. The Kier molecular flexibility index (Phi) is 4.47. The highest BCUT2D eigenvalue weighted by Crippen LogP contribution is 2.21. The molecule has 1 heterocycles. The molecule has 0 unspecified atom stereocenters. The maximum atomic E-state index is 12.0. The molecular formula is C18H17N3O3. The Morgan fingerprint density at radius 2 is 2.17 bits per heavy atom. The van der Waals surface area contributed by atoms with Gasteiger partial charge in [-0.1, -0.05) is 18.2 Å². The summed E-state index contributed by atoms with van der Waals surface area (Å²) in [6.45, 7) is 0. The van der Waals surface area contributed by atoms with Crippen molar-refractivity contribution in [3.05, 3.63) is 59.8 Å². The SMILES string of the molecule is COc1ccc(C=NNC(=O)Cc2c[nH]c3ccccc23)c(O)c1. The summed E-state index contributed by atoms with van der Waals surface area (Å²) in [6, 6.07) is 12.6. The minimum atomic E-state index is -0.232. The van der Waals surface area contributed by atoms with E-state index in [9.17, 15) is 9.90 Å². The number of phenols is 1. The van der Waals surface area contributed by atoms with Crippen LogP contribution in [0, 0.1) is 0 Å². The molecule has 6 nitrogen and oxygen atoms in total. The molecule has 0 saturated heterocycles. The first-order valence-corrected chi connectivity index (χ1v) is 7.41. The summed E-state index contributed by atoms with van der Waals surface area (Å²) >= 11 is 0. The number of carbonyl (C=O) groups is 1. The van der Waals surface area contributed by atoms with Crippen LogP contribution in [-0.2, 0) is 11.2 Å². The van der Waals surface area contributed by atoms with Gasteiger partial charge >= 0.3 is 0 Å². The largest absolute Gasteiger partial charge is 0.507 e.